The molecule has 0 radical (unpaired) electrons. The van der Waals surface area contributed by atoms with E-state index in [1.807, 2.05) is 54.7 Å². The van der Waals surface area contributed by atoms with Crippen LogP contribution in [0.4, 0.5) is 0 Å². The molecule has 0 saturated carbocycles. The van der Waals surface area contributed by atoms with Crippen LogP contribution in [-0.2, 0) is 6.54 Å². The van der Waals surface area contributed by atoms with Gasteiger partial charge in [0.1, 0.15) is 11.6 Å². The number of benzene rings is 3. The molecule has 1 heterocycles. The first-order chi connectivity index (χ1) is 14.0. The van der Waals surface area contributed by atoms with Crippen molar-refractivity contribution in [3.63, 3.8) is 0 Å². The van der Waals surface area contributed by atoms with Gasteiger partial charge in [0, 0.05) is 33.4 Å². The molecule has 0 fully saturated rings. The fourth-order valence-corrected chi connectivity index (χ4v) is 3.89. The largest absolute Gasteiger partial charge is 0.497 e. The van der Waals surface area contributed by atoms with E-state index in [1.54, 1.807) is 13.2 Å². The number of imidazole rings is 1. The van der Waals surface area contributed by atoms with Gasteiger partial charge in [0.2, 0.25) is 0 Å². The topological polar surface area (TPSA) is 27.1 Å². The molecule has 29 heavy (non-hydrogen) atoms. The van der Waals surface area contributed by atoms with Gasteiger partial charge in [-0.15, -0.1) is 0 Å². The molecule has 0 amide bonds. The zero-order valence-electron chi connectivity index (χ0n) is 15.6. The van der Waals surface area contributed by atoms with Gasteiger partial charge in [0.25, 0.3) is 0 Å². The van der Waals surface area contributed by atoms with Crippen molar-refractivity contribution in [1.82, 2.24) is 9.55 Å². The molecule has 3 aromatic carbocycles. The Morgan fingerprint density at radius 3 is 2.34 bits per heavy atom. The molecule has 0 aliphatic carbocycles. The second-order valence-corrected chi connectivity index (χ2v) is 8.32. The fraction of sp³-hybridized carbons (Fsp3) is 0.0870. The number of methoxy groups -OCH3 is 1. The summed E-state index contributed by atoms with van der Waals surface area (Å²) in [6.45, 7) is 0.687. The van der Waals surface area contributed by atoms with Crippen molar-refractivity contribution in [3.05, 3.63) is 93.0 Å². The lowest BCUT2D eigenvalue weighted by Gasteiger charge is -2.09. The van der Waals surface area contributed by atoms with E-state index in [4.69, 9.17) is 32.9 Å². The molecule has 6 heteroatoms. The van der Waals surface area contributed by atoms with Gasteiger partial charge in [-0.3, -0.25) is 0 Å². The molecule has 4 aromatic rings. The number of rotatable bonds is 5. The second kappa shape index (κ2) is 8.62. The fourth-order valence-electron chi connectivity index (χ4n) is 3.12. The van der Waals surface area contributed by atoms with Crippen molar-refractivity contribution in [2.75, 3.05) is 7.11 Å². The number of halogens is 3. The van der Waals surface area contributed by atoms with Crippen LogP contribution in [0.5, 0.6) is 5.75 Å². The first kappa shape index (κ1) is 20.0. The molecule has 146 valence electrons. The standard InChI is InChI=1S/C23H17BrCl2N2O/c1-29-19-9-4-16(5-10-19)23-27-22(20-11-8-18(25)12-21(20)26)14-28(23)13-15-2-6-17(24)7-3-15/h2-12,14H,13H2,1H3. The predicted molar refractivity (Wildman–Crippen MR) is 123 cm³/mol. The zero-order chi connectivity index (χ0) is 20.4. The smallest absolute Gasteiger partial charge is 0.140 e. The van der Waals surface area contributed by atoms with Gasteiger partial charge in [-0.25, -0.2) is 4.98 Å². The Hall–Kier alpha value is -2.27. The van der Waals surface area contributed by atoms with Crippen LogP contribution in [0, 0.1) is 0 Å². The van der Waals surface area contributed by atoms with E-state index in [-0.39, 0.29) is 0 Å². The minimum atomic E-state index is 0.576. The number of hydrogen-bond donors (Lipinski definition) is 0. The van der Waals surface area contributed by atoms with Gasteiger partial charge in [0.15, 0.2) is 0 Å². The molecular formula is C23H17BrCl2N2O. The van der Waals surface area contributed by atoms with Crippen molar-refractivity contribution >= 4 is 39.1 Å². The molecule has 0 bridgehead atoms. The first-order valence-corrected chi connectivity index (χ1v) is 10.5. The lowest BCUT2D eigenvalue weighted by atomic mass is 10.2. The third-order valence-corrected chi connectivity index (χ3v) is 5.67. The number of nitrogens with zero attached hydrogens (tertiary/aromatic N) is 2. The SMILES string of the molecule is COc1ccc(-c2nc(-c3ccc(Cl)cc3Cl)cn2Cc2ccc(Br)cc2)cc1. The summed E-state index contributed by atoms with van der Waals surface area (Å²) in [7, 11) is 1.66. The van der Waals surface area contributed by atoms with Gasteiger partial charge >= 0.3 is 0 Å². The average Bonchev–Trinajstić information content (AvgIpc) is 3.13. The maximum atomic E-state index is 6.43. The Kier molecular flexibility index (Phi) is 5.95. The van der Waals surface area contributed by atoms with E-state index >= 15 is 0 Å². The molecule has 0 saturated heterocycles. The van der Waals surface area contributed by atoms with Crippen LogP contribution < -0.4 is 4.74 Å². The Morgan fingerprint density at radius 1 is 0.966 bits per heavy atom. The summed E-state index contributed by atoms with van der Waals surface area (Å²) in [6, 6.07) is 21.6. The summed E-state index contributed by atoms with van der Waals surface area (Å²) in [5, 5.41) is 1.18. The van der Waals surface area contributed by atoms with Gasteiger partial charge < -0.3 is 9.30 Å². The van der Waals surface area contributed by atoms with Crippen LogP contribution in [0.15, 0.2) is 77.4 Å². The highest BCUT2D eigenvalue weighted by Gasteiger charge is 2.15. The van der Waals surface area contributed by atoms with E-state index in [2.05, 4.69) is 32.6 Å². The van der Waals surface area contributed by atoms with Crippen LogP contribution in [0.1, 0.15) is 5.56 Å². The van der Waals surface area contributed by atoms with Crippen LogP contribution in [0.25, 0.3) is 22.6 Å². The van der Waals surface area contributed by atoms with Gasteiger partial charge in [0.05, 0.1) is 17.8 Å². The van der Waals surface area contributed by atoms with Crippen molar-refractivity contribution in [2.24, 2.45) is 0 Å². The van der Waals surface area contributed by atoms with Gasteiger partial charge in [-0.2, -0.15) is 0 Å². The molecule has 0 N–H and O–H groups in total. The molecule has 0 atom stereocenters. The molecule has 0 spiro atoms. The molecular weight excluding hydrogens is 471 g/mol. The summed E-state index contributed by atoms with van der Waals surface area (Å²) >= 11 is 16.0. The summed E-state index contributed by atoms with van der Waals surface area (Å²) in [5.41, 5.74) is 3.82. The van der Waals surface area contributed by atoms with E-state index in [0.717, 1.165) is 32.9 Å². The third kappa shape index (κ3) is 4.50. The first-order valence-electron chi connectivity index (χ1n) is 8.95. The summed E-state index contributed by atoms with van der Waals surface area (Å²) < 4.78 is 8.46. The maximum Gasteiger partial charge on any atom is 0.140 e. The average molecular weight is 488 g/mol. The third-order valence-electron chi connectivity index (χ3n) is 4.60. The Balaban J connectivity index is 1.79. The van der Waals surface area contributed by atoms with Crippen LogP contribution in [-0.4, -0.2) is 16.7 Å². The van der Waals surface area contributed by atoms with E-state index in [0.29, 0.717) is 16.6 Å². The van der Waals surface area contributed by atoms with E-state index < -0.39 is 0 Å². The second-order valence-electron chi connectivity index (χ2n) is 6.56. The van der Waals surface area contributed by atoms with Crippen LogP contribution in [0.3, 0.4) is 0 Å². The minimum Gasteiger partial charge on any atom is -0.497 e. The molecule has 0 unspecified atom stereocenters. The normalized spacial score (nSPS) is 10.9. The summed E-state index contributed by atoms with van der Waals surface area (Å²) in [6.07, 6.45) is 2.02. The van der Waals surface area contributed by atoms with E-state index in [9.17, 15) is 0 Å². The predicted octanol–water partition coefficient (Wildman–Crippen LogP) is 7.34. The molecule has 1 aromatic heterocycles. The molecule has 4 rings (SSSR count). The molecule has 3 nitrogen and oxygen atoms in total. The van der Waals surface area contributed by atoms with Crippen molar-refractivity contribution < 1.29 is 4.74 Å². The monoisotopic (exact) mass is 486 g/mol. The van der Waals surface area contributed by atoms with Gasteiger partial charge in [-0.05, 0) is 60.2 Å². The summed E-state index contributed by atoms with van der Waals surface area (Å²) in [4.78, 5) is 4.90. The summed E-state index contributed by atoms with van der Waals surface area (Å²) in [5.74, 6) is 1.66. The highest BCUT2D eigenvalue weighted by atomic mass is 79.9. The Bertz CT molecular complexity index is 1140. The Labute approximate surface area is 188 Å². The number of ether oxygens (including phenoxy) is 1. The van der Waals surface area contributed by atoms with Crippen molar-refractivity contribution in [2.45, 2.75) is 6.54 Å². The molecule has 0 aliphatic rings. The highest BCUT2D eigenvalue weighted by molar-refractivity contribution is 9.10. The minimum absolute atomic E-state index is 0.576. The Morgan fingerprint density at radius 2 is 1.69 bits per heavy atom. The van der Waals surface area contributed by atoms with Crippen molar-refractivity contribution in [1.29, 1.82) is 0 Å². The lowest BCUT2D eigenvalue weighted by molar-refractivity contribution is 0.415. The zero-order valence-corrected chi connectivity index (χ0v) is 18.7. The lowest BCUT2D eigenvalue weighted by Crippen LogP contribution is -2.01. The van der Waals surface area contributed by atoms with Crippen LogP contribution >= 0.6 is 39.1 Å². The number of aromatic nitrogens is 2. The molecule has 0 aliphatic heterocycles. The maximum absolute atomic E-state index is 6.43. The number of hydrogen-bond acceptors (Lipinski definition) is 2. The van der Waals surface area contributed by atoms with E-state index in [1.165, 1.54) is 5.56 Å². The highest BCUT2D eigenvalue weighted by Crippen LogP contribution is 2.32. The van der Waals surface area contributed by atoms with Gasteiger partial charge in [-0.1, -0.05) is 51.3 Å². The quantitative estimate of drug-likeness (QED) is 0.294. The van der Waals surface area contributed by atoms with Crippen molar-refractivity contribution in [3.8, 4) is 28.4 Å². The van der Waals surface area contributed by atoms with Crippen LogP contribution in [0.2, 0.25) is 10.0 Å².